The Hall–Kier alpha value is -3.40. The number of methoxy groups -OCH3 is 1. The Kier molecular flexibility index (Phi) is 7.63. The van der Waals surface area contributed by atoms with Gasteiger partial charge in [0, 0.05) is 19.2 Å². The number of nitrogens with one attached hydrogen (secondary N) is 1. The molecule has 0 saturated carbocycles. The summed E-state index contributed by atoms with van der Waals surface area (Å²) in [5, 5.41) is 13.6. The topological polar surface area (TPSA) is 99.2 Å². The second-order valence-electron chi connectivity index (χ2n) is 9.07. The van der Waals surface area contributed by atoms with Crippen molar-refractivity contribution in [2.75, 3.05) is 26.0 Å². The maximum atomic E-state index is 13.2. The molecule has 0 aromatic heterocycles. The Morgan fingerprint density at radius 1 is 1.11 bits per heavy atom. The SMILES string of the molecule is COc1cc(S(=O)(=O)Cc2ccc3c(c2)CCN(C)C3)ccc1NC(=O)N(O)C(C)c1ccccc1. The Labute approximate surface area is 212 Å². The summed E-state index contributed by atoms with van der Waals surface area (Å²) in [6.07, 6.45) is 0.896. The van der Waals surface area contributed by atoms with Crippen LogP contribution >= 0.6 is 0 Å². The van der Waals surface area contributed by atoms with Gasteiger partial charge >= 0.3 is 6.03 Å². The van der Waals surface area contributed by atoms with Crippen molar-refractivity contribution >= 4 is 21.6 Å². The minimum absolute atomic E-state index is 0.0910. The molecule has 1 aliphatic heterocycles. The summed E-state index contributed by atoms with van der Waals surface area (Å²) >= 11 is 0. The molecule has 0 spiro atoms. The van der Waals surface area contributed by atoms with Crippen LogP contribution < -0.4 is 10.1 Å². The number of hydroxylamine groups is 2. The number of benzene rings is 3. The van der Waals surface area contributed by atoms with Gasteiger partial charge in [-0.3, -0.25) is 5.21 Å². The number of carbonyl (C=O) groups is 1. The number of amides is 2. The van der Waals surface area contributed by atoms with E-state index in [1.54, 1.807) is 6.92 Å². The van der Waals surface area contributed by atoms with Gasteiger partial charge in [-0.2, -0.15) is 5.06 Å². The fraction of sp³-hybridized carbons (Fsp3) is 0.296. The highest BCUT2D eigenvalue weighted by molar-refractivity contribution is 7.90. The second-order valence-corrected chi connectivity index (χ2v) is 11.1. The number of fused-ring (bicyclic) bond motifs is 1. The predicted molar refractivity (Wildman–Crippen MR) is 138 cm³/mol. The van der Waals surface area contributed by atoms with Gasteiger partial charge in [0.1, 0.15) is 5.75 Å². The van der Waals surface area contributed by atoms with Crippen molar-refractivity contribution in [3.63, 3.8) is 0 Å². The molecule has 2 amide bonds. The van der Waals surface area contributed by atoms with Gasteiger partial charge in [-0.1, -0.05) is 48.5 Å². The van der Waals surface area contributed by atoms with Crippen molar-refractivity contribution in [1.29, 1.82) is 0 Å². The average Bonchev–Trinajstić information content (AvgIpc) is 2.88. The summed E-state index contributed by atoms with van der Waals surface area (Å²) in [6, 6.07) is 17.9. The van der Waals surface area contributed by atoms with E-state index < -0.39 is 21.9 Å². The average molecular weight is 510 g/mol. The number of likely N-dealkylation sites (N-methyl/N-ethyl adjacent to an activating group) is 1. The third kappa shape index (κ3) is 5.70. The molecule has 1 atom stereocenters. The smallest absolute Gasteiger partial charge is 0.346 e. The molecule has 3 aromatic rings. The van der Waals surface area contributed by atoms with E-state index in [1.807, 2.05) is 48.5 Å². The first-order valence-electron chi connectivity index (χ1n) is 11.7. The summed E-state index contributed by atoms with van der Waals surface area (Å²) in [5.41, 5.74) is 4.16. The first-order chi connectivity index (χ1) is 17.2. The number of rotatable bonds is 7. The molecule has 1 unspecified atom stereocenters. The van der Waals surface area contributed by atoms with Crippen LogP contribution in [-0.4, -0.2) is 50.3 Å². The standard InChI is InChI=1S/C27H31N3O5S/c1-19(21-7-5-4-6-8-21)30(32)27(31)28-25-12-11-24(16-26(25)35-3)36(33,34)18-20-9-10-23-17-29(2)14-13-22(23)15-20/h4-12,15-16,19,32H,13-14,17-18H2,1-3H3,(H,28,31). The van der Waals surface area contributed by atoms with Crippen LogP contribution in [0.4, 0.5) is 10.5 Å². The van der Waals surface area contributed by atoms with Crippen LogP contribution in [0.5, 0.6) is 5.75 Å². The van der Waals surface area contributed by atoms with Crippen LogP contribution in [0.2, 0.25) is 0 Å². The van der Waals surface area contributed by atoms with Gasteiger partial charge in [-0.05, 0) is 54.8 Å². The molecule has 2 N–H and O–H groups in total. The van der Waals surface area contributed by atoms with Gasteiger partial charge < -0.3 is 15.0 Å². The summed E-state index contributed by atoms with van der Waals surface area (Å²) in [6.45, 7) is 3.51. The van der Waals surface area contributed by atoms with Crippen LogP contribution in [0.3, 0.4) is 0 Å². The fourth-order valence-corrected chi connectivity index (χ4v) is 5.68. The van der Waals surface area contributed by atoms with Crippen molar-refractivity contribution in [2.24, 2.45) is 0 Å². The molecule has 8 nitrogen and oxygen atoms in total. The summed E-state index contributed by atoms with van der Waals surface area (Å²) in [7, 11) is -0.191. The lowest BCUT2D eigenvalue weighted by atomic mass is 9.98. The third-order valence-electron chi connectivity index (χ3n) is 6.46. The molecule has 1 heterocycles. The van der Waals surface area contributed by atoms with Crippen LogP contribution in [0.1, 0.15) is 35.2 Å². The fourth-order valence-electron chi connectivity index (χ4n) is 4.33. The minimum atomic E-state index is -3.66. The molecule has 0 bridgehead atoms. The number of carbonyl (C=O) groups excluding carboxylic acids is 1. The van der Waals surface area contributed by atoms with Crippen molar-refractivity contribution in [1.82, 2.24) is 9.96 Å². The van der Waals surface area contributed by atoms with Crippen molar-refractivity contribution in [3.8, 4) is 5.75 Å². The molecular formula is C27H31N3O5S. The van der Waals surface area contributed by atoms with E-state index in [-0.39, 0.29) is 22.1 Å². The highest BCUT2D eigenvalue weighted by atomic mass is 32.2. The van der Waals surface area contributed by atoms with E-state index in [9.17, 15) is 18.4 Å². The maximum absolute atomic E-state index is 13.2. The van der Waals surface area contributed by atoms with Crippen LogP contribution in [0.25, 0.3) is 0 Å². The van der Waals surface area contributed by atoms with Gasteiger partial charge in [0.2, 0.25) is 0 Å². The number of urea groups is 1. The molecule has 190 valence electrons. The van der Waals surface area contributed by atoms with Crippen molar-refractivity contribution in [2.45, 2.75) is 36.6 Å². The minimum Gasteiger partial charge on any atom is -0.495 e. The summed E-state index contributed by atoms with van der Waals surface area (Å²) in [5.74, 6) is 0.0444. The third-order valence-corrected chi connectivity index (χ3v) is 8.15. The first kappa shape index (κ1) is 25.7. The zero-order valence-electron chi connectivity index (χ0n) is 20.6. The van der Waals surface area contributed by atoms with Crippen molar-refractivity contribution < 1.29 is 23.2 Å². The Morgan fingerprint density at radius 3 is 2.58 bits per heavy atom. The number of hydrogen-bond donors (Lipinski definition) is 2. The monoisotopic (exact) mass is 509 g/mol. The number of nitrogens with zero attached hydrogens (tertiary/aromatic N) is 2. The highest BCUT2D eigenvalue weighted by Gasteiger charge is 2.23. The molecule has 1 aliphatic rings. The van der Waals surface area contributed by atoms with Crippen LogP contribution in [-0.2, 0) is 28.6 Å². The van der Waals surface area contributed by atoms with E-state index in [0.29, 0.717) is 5.06 Å². The van der Waals surface area contributed by atoms with Crippen LogP contribution in [0.15, 0.2) is 71.6 Å². The first-order valence-corrected chi connectivity index (χ1v) is 13.4. The van der Waals surface area contributed by atoms with Gasteiger partial charge in [0.15, 0.2) is 9.84 Å². The lowest BCUT2D eigenvalue weighted by Crippen LogP contribution is -2.34. The Balaban J connectivity index is 1.49. The number of anilines is 1. The lowest BCUT2D eigenvalue weighted by Gasteiger charge is -2.25. The number of ether oxygens (including phenoxy) is 1. The summed E-state index contributed by atoms with van der Waals surface area (Å²) < 4.78 is 31.7. The van der Waals surface area contributed by atoms with Crippen LogP contribution in [0, 0.1) is 0 Å². The van der Waals surface area contributed by atoms with E-state index in [1.165, 1.54) is 36.4 Å². The normalized spacial score (nSPS) is 14.6. The molecule has 0 saturated heterocycles. The van der Waals surface area contributed by atoms with Crippen molar-refractivity contribution in [3.05, 3.63) is 89.0 Å². The number of hydrogen-bond acceptors (Lipinski definition) is 6. The largest absolute Gasteiger partial charge is 0.495 e. The highest BCUT2D eigenvalue weighted by Crippen LogP contribution is 2.30. The lowest BCUT2D eigenvalue weighted by molar-refractivity contribution is -0.0690. The van der Waals surface area contributed by atoms with E-state index in [4.69, 9.17) is 4.74 Å². The van der Waals surface area contributed by atoms with E-state index >= 15 is 0 Å². The Bertz CT molecular complexity index is 1340. The molecule has 9 heteroatoms. The molecule has 0 fully saturated rings. The predicted octanol–water partition coefficient (Wildman–Crippen LogP) is 4.64. The molecule has 3 aromatic carbocycles. The molecular weight excluding hydrogens is 478 g/mol. The number of sulfone groups is 1. The zero-order valence-corrected chi connectivity index (χ0v) is 21.5. The van der Waals surface area contributed by atoms with Gasteiger partial charge in [0.05, 0.1) is 29.5 Å². The zero-order chi connectivity index (χ0) is 25.9. The molecule has 0 radical (unpaired) electrons. The molecule has 36 heavy (non-hydrogen) atoms. The molecule has 0 aliphatic carbocycles. The second kappa shape index (κ2) is 10.7. The van der Waals surface area contributed by atoms with E-state index in [0.717, 1.165) is 30.6 Å². The van der Waals surface area contributed by atoms with E-state index in [2.05, 4.69) is 17.3 Å². The summed E-state index contributed by atoms with van der Waals surface area (Å²) in [4.78, 5) is 15.0. The van der Waals surface area contributed by atoms with Gasteiger partial charge in [0.25, 0.3) is 0 Å². The maximum Gasteiger partial charge on any atom is 0.346 e. The van der Waals surface area contributed by atoms with Gasteiger partial charge in [-0.25, -0.2) is 13.2 Å². The quantitative estimate of drug-likeness (QED) is 0.356. The molecule has 4 rings (SSSR count). The Morgan fingerprint density at radius 2 is 1.86 bits per heavy atom. The van der Waals surface area contributed by atoms with Gasteiger partial charge in [-0.15, -0.1) is 0 Å².